The van der Waals surface area contributed by atoms with Crippen molar-refractivity contribution in [2.75, 3.05) is 13.1 Å². The summed E-state index contributed by atoms with van der Waals surface area (Å²) in [6, 6.07) is 10.4. The van der Waals surface area contributed by atoms with Crippen LogP contribution in [0.1, 0.15) is 45.1 Å². The standard InChI is InChI=1S/C18H28N2O2/c1-18(2,22)14-20(12-15-8-4-3-5-9-15)13-17(21)19-16-10-6-7-11-16/h3-5,8-9,16,22H,6-7,10-14H2,1-2H3,(H,19,21). The zero-order valence-electron chi connectivity index (χ0n) is 13.7. The van der Waals surface area contributed by atoms with Gasteiger partial charge >= 0.3 is 0 Å². The van der Waals surface area contributed by atoms with Crippen molar-refractivity contribution in [2.24, 2.45) is 0 Å². The molecule has 2 N–H and O–H groups in total. The van der Waals surface area contributed by atoms with Crippen LogP contribution in [0.3, 0.4) is 0 Å². The minimum Gasteiger partial charge on any atom is -0.389 e. The maximum atomic E-state index is 12.3. The van der Waals surface area contributed by atoms with Gasteiger partial charge in [0, 0.05) is 19.1 Å². The highest BCUT2D eigenvalue weighted by molar-refractivity contribution is 5.78. The summed E-state index contributed by atoms with van der Waals surface area (Å²) in [5.41, 5.74) is 0.336. The predicted octanol–water partition coefficient (Wildman–Crippen LogP) is 2.32. The third-order valence-electron chi connectivity index (χ3n) is 3.95. The van der Waals surface area contributed by atoms with Gasteiger partial charge in [-0.2, -0.15) is 0 Å². The first-order chi connectivity index (χ1) is 10.4. The number of aliphatic hydroxyl groups is 1. The Morgan fingerprint density at radius 1 is 1.27 bits per heavy atom. The first-order valence-corrected chi connectivity index (χ1v) is 8.20. The number of nitrogens with zero attached hydrogens (tertiary/aromatic N) is 1. The molecule has 0 heterocycles. The molecule has 4 nitrogen and oxygen atoms in total. The predicted molar refractivity (Wildman–Crippen MR) is 88.4 cm³/mol. The summed E-state index contributed by atoms with van der Waals surface area (Å²) in [6.45, 7) is 5.03. The van der Waals surface area contributed by atoms with Gasteiger partial charge in [-0.15, -0.1) is 0 Å². The van der Waals surface area contributed by atoms with Crippen molar-refractivity contribution in [3.8, 4) is 0 Å². The summed E-state index contributed by atoms with van der Waals surface area (Å²) >= 11 is 0. The van der Waals surface area contributed by atoms with Crippen molar-refractivity contribution in [3.63, 3.8) is 0 Å². The van der Waals surface area contributed by atoms with Gasteiger partial charge in [0.05, 0.1) is 12.1 Å². The zero-order chi connectivity index (χ0) is 16.0. The van der Waals surface area contributed by atoms with E-state index in [-0.39, 0.29) is 5.91 Å². The smallest absolute Gasteiger partial charge is 0.234 e. The molecule has 0 aliphatic heterocycles. The summed E-state index contributed by atoms with van der Waals surface area (Å²) in [4.78, 5) is 14.3. The second-order valence-corrected chi connectivity index (χ2v) is 6.99. The monoisotopic (exact) mass is 304 g/mol. The van der Waals surface area contributed by atoms with E-state index in [0.717, 1.165) is 18.4 Å². The van der Waals surface area contributed by atoms with Gasteiger partial charge in [0.15, 0.2) is 0 Å². The fourth-order valence-corrected chi connectivity index (χ4v) is 3.10. The summed E-state index contributed by atoms with van der Waals surface area (Å²) in [6.07, 6.45) is 4.61. The van der Waals surface area contributed by atoms with Crippen molar-refractivity contribution < 1.29 is 9.90 Å². The molecule has 1 aromatic carbocycles. The van der Waals surface area contributed by atoms with Crippen LogP contribution in [0.5, 0.6) is 0 Å². The van der Waals surface area contributed by atoms with Crippen molar-refractivity contribution >= 4 is 5.91 Å². The highest BCUT2D eigenvalue weighted by Crippen LogP contribution is 2.17. The van der Waals surface area contributed by atoms with Crippen LogP contribution in [0, 0.1) is 0 Å². The van der Waals surface area contributed by atoms with E-state index in [1.807, 2.05) is 35.2 Å². The lowest BCUT2D eigenvalue weighted by Gasteiger charge is -2.29. The number of hydrogen-bond acceptors (Lipinski definition) is 3. The molecule has 1 aliphatic carbocycles. The number of carbonyl (C=O) groups is 1. The molecule has 2 rings (SSSR count). The molecule has 4 heteroatoms. The van der Waals surface area contributed by atoms with E-state index in [2.05, 4.69) is 5.32 Å². The van der Waals surface area contributed by atoms with Gasteiger partial charge in [-0.1, -0.05) is 43.2 Å². The molecule has 1 aliphatic rings. The molecule has 0 atom stereocenters. The molecule has 0 unspecified atom stereocenters. The SMILES string of the molecule is CC(C)(O)CN(CC(=O)NC1CCCC1)Cc1ccccc1. The maximum Gasteiger partial charge on any atom is 0.234 e. The Bertz CT molecular complexity index is 462. The first-order valence-electron chi connectivity index (χ1n) is 8.20. The van der Waals surface area contributed by atoms with Gasteiger partial charge in [-0.05, 0) is 32.3 Å². The van der Waals surface area contributed by atoms with Crippen LogP contribution >= 0.6 is 0 Å². The largest absolute Gasteiger partial charge is 0.389 e. The van der Waals surface area contributed by atoms with Crippen LogP contribution in [0.2, 0.25) is 0 Å². The van der Waals surface area contributed by atoms with Crippen LogP contribution in [0.25, 0.3) is 0 Å². The van der Waals surface area contributed by atoms with Crippen LogP contribution in [0.15, 0.2) is 30.3 Å². The highest BCUT2D eigenvalue weighted by atomic mass is 16.3. The average molecular weight is 304 g/mol. The van der Waals surface area contributed by atoms with Crippen molar-refractivity contribution in [1.29, 1.82) is 0 Å². The van der Waals surface area contributed by atoms with Gasteiger partial charge in [0.2, 0.25) is 5.91 Å². The molecule has 1 amide bonds. The summed E-state index contributed by atoms with van der Waals surface area (Å²) < 4.78 is 0. The molecule has 0 spiro atoms. The quantitative estimate of drug-likeness (QED) is 0.813. The van der Waals surface area contributed by atoms with Gasteiger partial charge in [0.25, 0.3) is 0 Å². The first kappa shape index (κ1) is 17.0. The number of rotatable bonds is 7. The Morgan fingerprint density at radius 2 is 1.91 bits per heavy atom. The summed E-state index contributed by atoms with van der Waals surface area (Å²) in [7, 11) is 0. The number of amides is 1. The molecule has 0 bridgehead atoms. The van der Waals surface area contributed by atoms with Gasteiger partial charge in [0.1, 0.15) is 0 Å². The molecule has 122 valence electrons. The van der Waals surface area contributed by atoms with Crippen LogP contribution in [0.4, 0.5) is 0 Å². The van der Waals surface area contributed by atoms with E-state index in [4.69, 9.17) is 0 Å². The lowest BCUT2D eigenvalue weighted by molar-refractivity contribution is -0.123. The molecule has 1 aromatic rings. The molecular formula is C18H28N2O2. The van der Waals surface area contributed by atoms with Crippen LogP contribution < -0.4 is 5.32 Å². The molecule has 1 saturated carbocycles. The van der Waals surface area contributed by atoms with E-state index in [0.29, 0.717) is 25.7 Å². The fraction of sp³-hybridized carbons (Fsp3) is 0.611. The maximum absolute atomic E-state index is 12.3. The van der Waals surface area contributed by atoms with E-state index >= 15 is 0 Å². The summed E-state index contributed by atoms with van der Waals surface area (Å²) in [5, 5.41) is 13.2. The topological polar surface area (TPSA) is 52.6 Å². The van der Waals surface area contributed by atoms with Gasteiger partial charge < -0.3 is 10.4 Å². The Labute approximate surface area is 133 Å². The van der Waals surface area contributed by atoms with E-state index < -0.39 is 5.60 Å². The van der Waals surface area contributed by atoms with Crippen LogP contribution in [-0.2, 0) is 11.3 Å². The lowest BCUT2D eigenvalue weighted by atomic mass is 10.1. The second kappa shape index (κ2) is 7.75. The third-order valence-corrected chi connectivity index (χ3v) is 3.95. The molecule has 0 saturated heterocycles. The molecule has 0 radical (unpaired) electrons. The average Bonchev–Trinajstić information content (AvgIpc) is 2.90. The van der Waals surface area contributed by atoms with E-state index in [1.54, 1.807) is 13.8 Å². The molecule has 0 aromatic heterocycles. The number of benzene rings is 1. The van der Waals surface area contributed by atoms with Gasteiger partial charge in [-0.25, -0.2) is 0 Å². The normalized spacial score (nSPS) is 16.2. The molecule has 1 fully saturated rings. The van der Waals surface area contributed by atoms with E-state index in [9.17, 15) is 9.90 Å². The van der Waals surface area contributed by atoms with Crippen LogP contribution in [-0.4, -0.2) is 40.6 Å². The Morgan fingerprint density at radius 3 is 2.50 bits per heavy atom. The minimum atomic E-state index is -0.817. The Kier molecular flexibility index (Phi) is 5.98. The number of hydrogen-bond donors (Lipinski definition) is 2. The Hall–Kier alpha value is -1.39. The minimum absolute atomic E-state index is 0.0621. The number of nitrogens with one attached hydrogen (secondary N) is 1. The number of carbonyl (C=O) groups excluding carboxylic acids is 1. The van der Waals surface area contributed by atoms with Crippen molar-refractivity contribution in [3.05, 3.63) is 35.9 Å². The fourth-order valence-electron chi connectivity index (χ4n) is 3.10. The second-order valence-electron chi connectivity index (χ2n) is 6.99. The molecular weight excluding hydrogens is 276 g/mol. The Balaban J connectivity index is 1.92. The molecule has 22 heavy (non-hydrogen) atoms. The third kappa shape index (κ3) is 6.16. The highest BCUT2D eigenvalue weighted by Gasteiger charge is 2.22. The summed E-state index contributed by atoms with van der Waals surface area (Å²) in [5.74, 6) is 0.0621. The van der Waals surface area contributed by atoms with E-state index in [1.165, 1.54) is 12.8 Å². The van der Waals surface area contributed by atoms with Crippen molar-refractivity contribution in [2.45, 2.75) is 57.7 Å². The van der Waals surface area contributed by atoms with Crippen molar-refractivity contribution in [1.82, 2.24) is 10.2 Å². The van der Waals surface area contributed by atoms with Gasteiger partial charge in [-0.3, -0.25) is 9.69 Å². The zero-order valence-corrected chi connectivity index (χ0v) is 13.7. The lowest BCUT2D eigenvalue weighted by Crippen LogP contribution is -2.45.